The highest BCUT2D eigenvalue weighted by molar-refractivity contribution is 7.91. The van der Waals surface area contributed by atoms with Gasteiger partial charge in [0.2, 0.25) is 21.8 Å². The second kappa shape index (κ2) is 17.0. The molecule has 1 N–H and O–H groups in total. The molecule has 13 nitrogen and oxygen atoms in total. The van der Waals surface area contributed by atoms with Gasteiger partial charge in [-0.15, -0.1) is 0 Å². The maximum Gasteiger partial charge on any atom is 0.321 e. The summed E-state index contributed by atoms with van der Waals surface area (Å²) in [5, 5.41) is 0. The second-order valence-corrected chi connectivity index (χ2v) is 18.7. The van der Waals surface area contributed by atoms with Crippen LogP contribution in [-0.4, -0.2) is 90.1 Å². The quantitative estimate of drug-likeness (QED) is 0.234. The molecule has 14 heteroatoms. The van der Waals surface area contributed by atoms with Crippen molar-refractivity contribution in [1.82, 2.24) is 24.5 Å². The van der Waals surface area contributed by atoms with Gasteiger partial charge in [-0.3, -0.25) is 14.3 Å². The van der Waals surface area contributed by atoms with Crippen molar-refractivity contribution in [2.24, 2.45) is 11.3 Å². The number of sulfonamides is 1. The Labute approximate surface area is 335 Å². The zero-order valence-corrected chi connectivity index (χ0v) is 34.1. The summed E-state index contributed by atoms with van der Waals surface area (Å²) in [6, 6.07) is 18.2. The van der Waals surface area contributed by atoms with E-state index < -0.39 is 38.2 Å². The van der Waals surface area contributed by atoms with Gasteiger partial charge in [-0.25, -0.2) is 13.2 Å². The Morgan fingerprint density at radius 3 is 2.37 bits per heavy atom. The number of methoxy groups -OCH3 is 2. The predicted molar refractivity (Wildman–Crippen MR) is 214 cm³/mol. The van der Waals surface area contributed by atoms with Gasteiger partial charge in [-0.05, 0) is 75.5 Å². The van der Waals surface area contributed by atoms with Crippen molar-refractivity contribution >= 4 is 27.7 Å². The van der Waals surface area contributed by atoms with Crippen LogP contribution in [0.15, 0.2) is 60.7 Å². The van der Waals surface area contributed by atoms with Gasteiger partial charge < -0.3 is 24.0 Å². The monoisotopic (exact) mass is 801 g/mol. The fraction of sp³-hybridized carbons (Fsp3) is 0.558. The largest absolute Gasteiger partial charge is 0.497 e. The van der Waals surface area contributed by atoms with E-state index in [-0.39, 0.29) is 49.0 Å². The van der Waals surface area contributed by atoms with Gasteiger partial charge in [-0.2, -0.15) is 9.97 Å². The van der Waals surface area contributed by atoms with E-state index in [0.29, 0.717) is 50.9 Å². The first-order valence-electron chi connectivity index (χ1n) is 20.4. The number of hydrogen-bond acceptors (Lipinski definition) is 10. The Kier molecular flexibility index (Phi) is 12.1. The average Bonchev–Trinajstić information content (AvgIpc) is 4.10. The molecule has 2 aromatic carbocycles. The number of carbonyl (C=O) groups excluding carboxylic acids is 3. The predicted octanol–water partition coefficient (Wildman–Crippen LogP) is 6.70. The molecule has 0 spiro atoms. The summed E-state index contributed by atoms with van der Waals surface area (Å²) in [4.78, 5) is 55.2. The number of amides is 3. The highest BCUT2D eigenvalue weighted by Crippen LogP contribution is 2.59. The second-order valence-electron chi connectivity index (χ2n) is 16.5. The summed E-state index contributed by atoms with van der Waals surface area (Å²) in [5.74, 6) is 0.546. The lowest BCUT2D eigenvalue weighted by Crippen LogP contribution is -2.48. The number of aromatic nitrogens is 2. The minimum atomic E-state index is -3.79. The number of rotatable bonds is 10. The summed E-state index contributed by atoms with van der Waals surface area (Å²) < 4.78 is 45.0. The van der Waals surface area contributed by atoms with Crippen molar-refractivity contribution in [3.63, 3.8) is 0 Å². The molecular formula is C43H55N5O8S. The molecule has 57 heavy (non-hydrogen) atoms. The number of Topliss-reactive ketones (excluding diaryl/α,β-unsaturated/α-hetero) is 1. The first-order chi connectivity index (χ1) is 27.4. The summed E-state index contributed by atoms with van der Waals surface area (Å²) in [5.41, 5.74) is 1.62. The Morgan fingerprint density at radius 1 is 0.912 bits per heavy atom. The molecule has 2 saturated carbocycles. The molecule has 7 rings (SSSR count). The zero-order valence-electron chi connectivity index (χ0n) is 33.3. The molecule has 0 bridgehead atoms. The number of benzene rings is 2. The van der Waals surface area contributed by atoms with Gasteiger partial charge in [0.05, 0.1) is 42.7 Å². The fourth-order valence-electron chi connectivity index (χ4n) is 8.47. The minimum Gasteiger partial charge on any atom is -0.497 e. The Morgan fingerprint density at radius 2 is 1.65 bits per heavy atom. The SMILES string of the molecule is COc1ccc(CN2CCCCCCC[C@@H]3C[C@@]3(C(=O)NS(=O)(=O)C3(C)CC3)CCCC(=O)[C@@H]3C[C@@H](Oc4cc(-c5ccccc5)nc(OC)n4)CN3C2=O)cc1. The summed E-state index contributed by atoms with van der Waals surface area (Å²) in [6.45, 7) is 2.75. The van der Waals surface area contributed by atoms with E-state index in [2.05, 4.69) is 14.7 Å². The molecule has 3 aromatic rings. The highest BCUT2D eigenvalue weighted by Gasteiger charge is 2.61. The van der Waals surface area contributed by atoms with E-state index in [4.69, 9.17) is 14.2 Å². The molecule has 3 heterocycles. The molecule has 4 aliphatic rings. The van der Waals surface area contributed by atoms with Crippen molar-refractivity contribution in [2.75, 3.05) is 27.3 Å². The van der Waals surface area contributed by atoms with Crippen molar-refractivity contribution < 1.29 is 37.0 Å². The van der Waals surface area contributed by atoms with E-state index in [1.807, 2.05) is 59.5 Å². The van der Waals surface area contributed by atoms with E-state index in [1.165, 1.54) is 7.11 Å². The Balaban J connectivity index is 1.13. The van der Waals surface area contributed by atoms with Gasteiger partial charge in [-0.1, -0.05) is 68.1 Å². The summed E-state index contributed by atoms with van der Waals surface area (Å²) in [6.07, 6.45) is 7.86. The molecule has 306 valence electrons. The van der Waals surface area contributed by atoms with Crippen LogP contribution in [0.25, 0.3) is 11.3 Å². The van der Waals surface area contributed by atoms with Crippen LogP contribution in [-0.2, 0) is 26.2 Å². The number of hydrogen-bond donors (Lipinski definition) is 1. The molecule has 4 atom stereocenters. The molecule has 0 radical (unpaired) electrons. The number of carbonyl (C=O) groups is 3. The van der Waals surface area contributed by atoms with E-state index in [9.17, 15) is 22.8 Å². The lowest BCUT2D eigenvalue weighted by atomic mass is 9.91. The highest BCUT2D eigenvalue weighted by atomic mass is 32.2. The number of nitrogens with one attached hydrogen (secondary N) is 1. The van der Waals surface area contributed by atoms with Crippen LogP contribution < -0.4 is 18.9 Å². The van der Waals surface area contributed by atoms with Gasteiger partial charge in [0, 0.05) is 37.6 Å². The topological polar surface area (TPSA) is 157 Å². The number of fused-ring (bicyclic) bond motifs is 2. The van der Waals surface area contributed by atoms with Gasteiger partial charge in [0.25, 0.3) is 0 Å². The van der Waals surface area contributed by atoms with Gasteiger partial charge >= 0.3 is 12.0 Å². The lowest BCUT2D eigenvalue weighted by Gasteiger charge is -2.31. The number of nitrogens with zero attached hydrogens (tertiary/aromatic N) is 4. The third-order valence-electron chi connectivity index (χ3n) is 12.4. The Hall–Kier alpha value is -4.72. The maximum atomic E-state index is 14.7. The number of urea groups is 1. The summed E-state index contributed by atoms with van der Waals surface area (Å²) in [7, 11) is -0.682. The van der Waals surface area contributed by atoms with Crippen LogP contribution in [0.4, 0.5) is 4.79 Å². The van der Waals surface area contributed by atoms with Crippen molar-refractivity contribution in [2.45, 2.75) is 114 Å². The van der Waals surface area contributed by atoms with Crippen molar-refractivity contribution in [3.8, 4) is 28.9 Å². The molecule has 2 aliphatic carbocycles. The standard InChI is InChI=1S/C43H55N5O8S/c1-42(22-23-42)57(52,53)46-39(50)43-21-12-16-37(49)36-25-34(56-38-26-35(44-40(45-38)55-3)31-13-8-7-9-14-31)29-48(36)41(51)47(28-30-17-19-33(54-2)20-18-30)24-11-6-4-5-10-15-32(43)27-43/h7-9,13-14,17-20,26,32,34,36H,4-6,10-12,15-16,21-25,27-29H2,1-3H3,(H,46,50)/t32-,34-,36+,43+/m1/s1. The van der Waals surface area contributed by atoms with Crippen LogP contribution in [0.2, 0.25) is 0 Å². The van der Waals surface area contributed by atoms with E-state index in [0.717, 1.165) is 55.4 Å². The molecule has 1 aromatic heterocycles. The third-order valence-corrected chi connectivity index (χ3v) is 14.6. The third kappa shape index (κ3) is 9.21. The van der Waals surface area contributed by atoms with Crippen LogP contribution in [0.5, 0.6) is 17.6 Å². The van der Waals surface area contributed by atoms with E-state index in [1.54, 1.807) is 25.0 Å². The van der Waals surface area contributed by atoms with Crippen LogP contribution in [0.3, 0.4) is 0 Å². The minimum absolute atomic E-state index is 0.0819. The number of ketones is 1. The smallest absolute Gasteiger partial charge is 0.321 e. The normalized spacial score (nSPS) is 25.4. The van der Waals surface area contributed by atoms with E-state index >= 15 is 0 Å². The molecule has 3 amide bonds. The molecule has 0 unspecified atom stereocenters. The van der Waals surface area contributed by atoms with Crippen LogP contribution in [0, 0.1) is 11.3 Å². The van der Waals surface area contributed by atoms with Crippen LogP contribution >= 0.6 is 0 Å². The number of ether oxygens (including phenoxy) is 3. The van der Waals surface area contributed by atoms with Crippen molar-refractivity contribution in [3.05, 3.63) is 66.2 Å². The first-order valence-corrected chi connectivity index (χ1v) is 21.8. The van der Waals surface area contributed by atoms with Gasteiger partial charge in [0.1, 0.15) is 11.9 Å². The average molecular weight is 802 g/mol. The molecule has 4 fully saturated rings. The van der Waals surface area contributed by atoms with Crippen LogP contribution in [0.1, 0.15) is 96.0 Å². The molecule has 2 saturated heterocycles. The van der Waals surface area contributed by atoms with Gasteiger partial charge in [0.15, 0.2) is 5.78 Å². The maximum absolute atomic E-state index is 14.7. The Bertz CT molecular complexity index is 2030. The molecule has 2 aliphatic heterocycles. The first kappa shape index (κ1) is 40.5. The lowest BCUT2D eigenvalue weighted by molar-refractivity contribution is -0.126. The van der Waals surface area contributed by atoms with Crippen molar-refractivity contribution in [1.29, 1.82) is 0 Å². The zero-order chi connectivity index (χ0) is 40.2. The molecular weight excluding hydrogens is 747 g/mol. The fourth-order valence-corrected chi connectivity index (χ4v) is 9.81. The summed E-state index contributed by atoms with van der Waals surface area (Å²) >= 11 is 0.